The van der Waals surface area contributed by atoms with Gasteiger partial charge in [0.15, 0.2) is 5.69 Å². The topological polar surface area (TPSA) is 74.6 Å². The molecular weight excluding hydrogens is 392 g/mol. The number of aryl methyl sites for hydroxylation is 1. The number of nitrogens with zero attached hydrogens (tertiary/aromatic N) is 6. The Morgan fingerprint density at radius 2 is 1.61 bits per heavy atom. The van der Waals surface area contributed by atoms with Crippen LogP contribution in [0.25, 0.3) is 5.69 Å². The number of likely N-dealkylation sites (tertiary alicyclic amines) is 1. The monoisotopic (exact) mass is 424 g/mol. The Labute approximate surface area is 183 Å². The molecule has 2 saturated heterocycles. The third kappa shape index (κ3) is 5.12. The summed E-state index contributed by atoms with van der Waals surface area (Å²) in [7, 11) is 0. The minimum atomic E-state index is -0.108. The van der Waals surface area contributed by atoms with E-state index in [4.69, 9.17) is 0 Å². The van der Waals surface area contributed by atoms with Gasteiger partial charge in [0.2, 0.25) is 5.91 Å². The van der Waals surface area contributed by atoms with Crippen LogP contribution in [0.5, 0.6) is 0 Å². The van der Waals surface area contributed by atoms with Crippen molar-refractivity contribution in [2.45, 2.75) is 27.2 Å². The van der Waals surface area contributed by atoms with Gasteiger partial charge in [-0.25, -0.2) is 4.68 Å². The lowest BCUT2D eigenvalue weighted by Crippen LogP contribution is -2.53. The zero-order valence-corrected chi connectivity index (χ0v) is 18.7. The fraction of sp³-hybridized carbons (Fsp3) is 0.565. The Balaban J connectivity index is 1.29. The zero-order valence-electron chi connectivity index (χ0n) is 18.7. The Morgan fingerprint density at radius 3 is 2.26 bits per heavy atom. The molecule has 2 fully saturated rings. The summed E-state index contributed by atoms with van der Waals surface area (Å²) in [6.07, 6.45) is 2.88. The van der Waals surface area contributed by atoms with E-state index in [1.54, 1.807) is 15.8 Å². The van der Waals surface area contributed by atoms with E-state index in [0.29, 0.717) is 50.3 Å². The summed E-state index contributed by atoms with van der Waals surface area (Å²) in [5.74, 6) is 1.23. The largest absolute Gasteiger partial charge is 0.341 e. The van der Waals surface area contributed by atoms with E-state index in [2.05, 4.69) is 29.1 Å². The molecule has 2 atom stereocenters. The van der Waals surface area contributed by atoms with Crippen LogP contribution in [0, 0.1) is 18.8 Å². The zero-order chi connectivity index (χ0) is 22.0. The molecule has 2 unspecified atom stereocenters. The van der Waals surface area contributed by atoms with E-state index < -0.39 is 0 Å². The van der Waals surface area contributed by atoms with Crippen molar-refractivity contribution < 1.29 is 9.59 Å². The van der Waals surface area contributed by atoms with Crippen LogP contribution in [0.2, 0.25) is 0 Å². The summed E-state index contributed by atoms with van der Waals surface area (Å²) < 4.78 is 1.63. The molecular formula is C23H32N6O2. The summed E-state index contributed by atoms with van der Waals surface area (Å²) >= 11 is 0. The number of hydrogen-bond acceptors (Lipinski definition) is 5. The van der Waals surface area contributed by atoms with Gasteiger partial charge in [0.1, 0.15) is 0 Å². The number of carbonyl (C=O) groups is 2. The molecule has 4 rings (SSSR count). The molecule has 8 nitrogen and oxygen atoms in total. The molecule has 31 heavy (non-hydrogen) atoms. The maximum Gasteiger partial charge on any atom is 0.276 e. The van der Waals surface area contributed by atoms with Crippen LogP contribution in [0.4, 0.5) is 0 Å². The van der Waals surface area contributed by atoms with Crippen LogP contribution in [0.3, 0.4) is 0 Å². The van der Waals surface area contributed by atoms with Crippen molar-refractivity contribution in [2.75, 3.05) is 45.8 Å². The van der Waals surface area contributed by atoms with Crippen molar-refractivity contribution in [1.82, 2.24) is 29.7 Å². The normalized spacial score (nSPS) is 22.5. The van der Waals surface area contributed by atoms with Crippen molar-refractivity contribution >= 4 is 11.8 Å². The first-order chi connectivity index (χ1) is 14.9. The molecule has 1 aromatic heterocycles. The highest BCUT2D eigenvalue weighted by Crippen LogP contribution is 2.21. The predicted molar refractivity (Wildman–Crippen MR) is 118 cm³/mol. The van der Waals surface area contributed by atoms with Crippen molar-refractivity contribution in [1.29, 1.82) is 0 Å². The summed E-state index contributed by atoms with van der Waals surface area (Å²) in [4.78, 5) is 31.6. The quantitative estimate of drug-likeness (QED) is 0.749. The Kier molecular flexibility index (Phi) is 6.36. The highest BCUT2D eigenvalue weighted by atomic mass is 16.2. The number of carbonyl (C=O) groups excluding carboxylic acids is 2. The molecule has 2 aliphatic rings. The summed E-state index contributed by atoms with van der Waals surface area (Å²) in [5.41, 5.74) is 2.39. The Bertz CT molecular complexity index is 906. The molecule has 166 valence electrons. The van der Waals surface area contributed by atoms with E-state index in [0.717, 1.165) is 18.8 Å². The first kappa shape index (κ1) is 21.5. The first-order valence-electron chi connectivity index (χ1n) is 11.2. The number of amides is 2. The SMILES string of the molecule is Cc1ccc(-n2cc(C(=O)N3CCN(CC(=O)N4CC(C)CC(C)C4)CC3)nn2)cc1. The molecule has 2 aliphatic heterocycles. The van der Waals surface area contributed by atoms with Crippen LogP contribution >= 0.6 is 0 Å². The molecule has 0 saturated carbocycles. The van der Waals surface area contributed by atoms with Gasteiger partial charge in [-0.2, -0.15) is 0 Å². The van der Waals surface area contributed by atoms with Gasteiger partial charge < -0.3 is 9.80 Å². The van der Waals surface area contributed by atoms with Crippen LogP contribution in [0.1, 0.15) is 36.3 Å². The van der Waals surface area contributed by atoms with Crippen molar-refractivity contribution in [3.8, 4) is 5.69 Å². The van der Waals surface area contributed by atoms with Gasteiger partial charge >= 0.3 is 0 Å². The molecule has 3 heterocycles. The van der Waals surface area contributed by atoms with Crippen LogP contribution in [-0.4, -0.2) is 87.3 Å². The van der Waals surface area contributed by atoms with Crippen molar-refractivity contribution in [3.05, 3.63) is 41.7 Å². The second-order valence-corrected chi connectivity index (χ2v) is 9.20. The summed E-state index contributed by atoms with van der Waals surface area (Å²) in [5, 5.41) is 8.19. The highest BCUT2D eigenvalue weighted by Gasteiger charge is 2.29. The summed E-state index contributed by atoms with van der Waals surface area (Å²) in [6, 6.07) is 7.92. The van der Waals surface area contributed by atoms with Crippen molar-refractivity contribution in [3.63, 3.8) is 0 Å². The Morgan fingerprint density at radius 1 is 0.968 bits per heavy atom. The molecule has 2 amide bonds. The average molecular weight is 425 g/mol. The lowest BCUT2D eigenvalue weighted by atomic mass is 9.92. The molecule has 0 radical (unpaired) electrons. The molecule has 0 N–H and O–H groups in total. The number of benzene rings is 1. The van der Waals surface area contributed by atoms with Crippen LogP contribution < -0.4 is 0 Å². The van der Waals surface area contributed by atoms with Gasteiger partial charge in [-0.05, 0) is 37.3 Å². The molecule has 1 aromatic carbocycles. The van der Waals surface area contributed by atoms with Gasteiger partial charge in [-0.1, -0.05) is 36.8 Å². The minimum absolute atomic E-state index is 0.108. The lowest BCUT2D eigenvalue weighted by molar-refractivity contribution is -0.135. The van der Waals surface area contributed by atoms with Gasteiger partial charge in [-0.15, -0.1) is 5.10 Å². The van der Waals surface area contributed by atoms with Crippen LogP contribution in [0.15, 0.2) is 30.5 Å². The van der Waals surface area contributed by atoms with E-state index >= 15 is 0 Å². The lowest BCUT2D eigenvalue weighted by Gasteiger charge is -2.38. The fourth-order valence-corrected chi connectivity index (χ4v) is 4.61. The first-order valence-corrected chi connectivity index (χ1v) is 11.2. The van der Waals surface area contributed by atoms with Gasteiger partial charge in [0.05, 0.1) is 18.4 Å². The molecule has 0 aliphatic carbocycles. The Hall–Kier alpha value is -2.74. The van der Waals surface area contributed by atoms with Gasteiger partial charge in [0.25, 0.3) is 5.91 Å². The maximum atomic E-state index is 12.9. The molecule has 0 bridgehead atoms. The third-order valence-electron chi connectivity index (χ3n) is 6.25. The average Bonchev–Trinajstić information content (AvgIpc) is 3.24. The number of hydrogen-bond donors (Lipinski definition) is 0. The van der Waals surface area contributed by atoms with E-state index in [1.807, 2.05) is 36.1 Å². The fourth-order valence-electron chi connectivity index (χ4n) is 4.61. The van der Waals surface area contributed by atoms with Crippen molar-refractivity contribution in [2.24, 2.45) is 11.8 Å². The number of aromatic nitrogens is 3. The number of piperidine rings is 1. The van der Waals surface area contributed by atoms with Gasteiger partial charge in [0, 0.05) is 39.3 Å². The highest BCUT2D eigenvalue weighted by molar-refractivity contribution is 5.92. The number of piperazine rings is 1. The second-order valence-electron chi connectivity index (χ2n) is 9.20. The predicted octanol–water partition coefficient (Wildman–Crippen LogP) is 1.84. The second kappa shape index (κ2) is 9.18. The smallest absolute Gasteiger partial charge is 0.276 e. The molecule has 8 heteroatoms. The van der Waals surface area contributed by atoms with E-state index in [9.17, 15) is 9.59 Å². The summed E-state index contributed by atoms with van der Waals surface area (Å²) in [6.45, 7) is 11.2. The van der Waals surface area contributed by atoms with Gasteiger partial charge in [-0.3, -0.25) is 14.5 Å². The van der Waals surface area contributed by atoms with E-state index in [-0.39, 0.29) is 11.8 Å². The minimum Gasteiger partial charge on any atom is -0.341 e. The maximum absolute atomic E-state index is 12.9. The standard InChI is InChI=1S/C23H32N6O2/c1-17-4-6-20(7-5-17)29-15-21(24-25-29)23(31)27-10-8-26(9-11-27)16-22(30)28-13-18(2)12-19(3)14-28/h4-7,15,18-19H,8-14,16H2,1-3H3. The van der Waals surface area contributed by atoms with E-state index in [1.165, 1.54) is 12.0 Å². The number of rotatable bonds is 4. The third-order valence-corrected chi connectivity index (χ3v) is 6.25. The molecule has 0 spiro atoms. The van der Waals surface area contributed by atoms with Crippen LogP contribution in [-0.2, 0) is 4.79 Å². The molecule has 2 aromatic rings.